The lowest BCUT2D eigenvalue weighted by molar-refractivity contribution is -0.0578. The highest BCUT2D eigenvalue weighted by atomic mass is 19.1. The third-order valence-electron chi connectivity index (χ3n) is 4.36. The number of halogens is 1. The van der Waals surface area contributed by atoms with Crippen molar-refractivity contribution in [2.75, 3.05) is 26.8 Å². The molecule has 5 heteroatoms. The fourth-order valence-corrected chi connectivity index (χ4v) is 3.19. The molecule has 1 heterocycles. The topological polar surface area (TPSA) is 50.7 Å². The van der Waals surface area contributed by atoms with Crippen LogP contribution in [-0.4, -0.2) is 44.1 Å². The number of aliphatic hydroxyl groups is 1. The van der Waals surface area contributed by atoms with Crippen LogP contribution in [0, 0.1) is 5.82 Å². The van der Waals surface area contributed by atoms with E-state index in [1.54, 1.807) is 13.2 Å². The van der Waals surface area contributed by atoms with Gasteiger partial charge in [-0.25, -0.2) is 4.39 Å². The molecule has 0 amide bonds. The monoisotopic (exact) mass is 331 g/mol. The molecule has 2 aromatic carbocycles. The van der Waals surface area contributed by atoms with Gasteiger partial charge in [0.1, 0.15) is 11.6 Å². The van der Waals surface area contributed by atoms with Crippen LogP contribution in [-0.2, 0) is 4.74 Å². The molecule has 0 saturated carbocycles. The van der Waals surface area contributed by atoms with E-state index in [1.165, 1.54) is 12.1 Å². The molecule has 4 nitrogen and oxygen atoms in total. The predicted molar refractivity (Wildman–Crippen MR) is 89.9 cm³/mol. The van der Waals surface area contributed by atoms with E-state index in [4.69, 9.17) is 9.47 Å². The molecule has 3 atom stereocenters. The number of rotatable bonds is 5. The summed E-state index contributed by atoms with van der Waals surface area (Å²) in [4.78, 5) is 0. The van der Waals surface area contributed by atoms with Crippen molar-refractivity contribution in [1.82, 2.24) is 5.32 Å². The maximum absolute atomic E-state index is 13.9. The Kier molecular flexibility index (Phi) is 5.45. The summed E-state index contributed by atoms with van der Waals surface area (Å²) in [6, 6.07) is 13.9. The summed E-state index contributed by atoms with van der Waals surface area (Å²) in [6.45, 7) is 1.87. The first kappa shape index (κ1) is 16.9. The predicted octanol–water partition coefficient (Wildman–Crippen LogP) is 2.32. The van der Waals surface area contributed by atoms with E-state index in [1.807, 2.05) is 30.3 Å². The normalized spacial score (nSPS) is 20.4. The van der Waals surface area contributed by atoms with Gasteiger partial charge in [0.05, 0.1) is 25.9 Å². The Hall–Kier alpha value is -1.95. The van der Waals surface area contributed by atoms with Crippen molar-refractivity contribution >= 4 is 0 Å². The number of aliphatic hydroxyl groups excluding tert-OH is 1. The number of benzene rings is 2. The molecule has 1 aliphatic rings. The van der Waals surface area contributed by atoms with Gasteiger partial charge in [-0.2, -0.15) is 0 Å². The highest BCUT2D eigenvalue weighted by Gasteiger charge is 2.33. The minimum Gasteiger partial charge on any atom is -0.496 e. The third-order valence-corrected chi connectivity index (χ3v) is 4.36. The van der Waals surface area contributed by atoms with Crippen molar-refractivity contribution in [3.63, 3.8) is 0 Å². The van der Waals surface area contributed by atoms with E-state index >= 15 is 0 Å². The van der Waals surface area contributed by atoms with E-state index in [2.05, 4.69) is 5.32 Å². The van der Waals surface area contributed by atoms with Crippen LogP contribution in [0.5, 0.6) is 5.75 Å². The molecule has 1 fully saturated rings. The molecular formula is C19H22FNO3. The molecule has 24 heavy (non-hydrogen) atoms. The Morgan fingerprint density at radius 3 is 2.71 bits per heavy atom. The van der Waals surface area contributed by atoms with Gasteiger partial charge in [0, 0.05) is 24.6 Å². The summed E-state index contributed by atoms with van der Waals surface area (Å²) in [5, 5.41) is 14.2. The standard InChI is InChI=1S/C19H22FNO3/c1-23-16-8-7-14(20)11-15(16)18(13-5-3-2-4-6-13)19(22)17-12-21-9-10-24-17/h2-8,11,17-19,21-22H,9-10,12H2,1H3. The average Bonchev–Trinajstić information content (AvgIpc) is 2.64. The molecule has 0 aromatic heterocycles. The minimum absolute atomic E-state index is 0.360. The van der Waals surface area contributed by atoms with Gasteiger partial charge in [-0.3, -0.25) is 0 Å². The minimum atomic E-state index is -0.823. The fraction of sp³-hybridized carbons (Fsp3) is 0.368. The van der Waals surface area contributed by atoms with E-state index in [0.717, 1.165) is 12.1 Å². The molecule has 0 bridgehead atoms. The molecule has 1 saturated heterocycles. The first-order chi connectivity index (χ1) is 11.7. The van der Waals surface area contributed by atoms with Crippen LogP contribution >= 0.6 is 0 Å². The SMILES string of the molecule is COc1ccc(F)cc1C(c1ccccc1)C(O)C1CNCCO1. The molecule has 2 aromatic rings. The highest BCUT2D eigenvalue weighted by Crippen LogP contribution is 2.36. The Balaban J connectivity index is 2.04. The number of morpholine rings is 1. The second-order valence-electron chi connectivity index (χ2n) is 5.88. The fourth-order valence-electron chi connectivity index (χ4n) is 3.19. The van der Waals surface area contributed by atoms with Crippen molar-refractivity contribution in [3.8, 4) is 5.75 Å². The van der Waals surface area contributed by atoms with Gasteiger partial charge in [-0.05, 0) is 23.8 Å². The molecule has 3 unspecified atom stereocenters. The van der Waals surface area contributed by atoms with E-state index in [0.29, 0.717) is 24.5 Å². The van der Waals surface area contributed by atoms with Crippen molar-refractivity contribution in [2.45, 2.75) is 18.1 Å². The zero-order chi connectivity index (χ0) is 16.9. The van der Waals surface area contributed by atoms with Gasteiger partial charge in [0.15, 0.2) is 0 Å². The molecule has 2 N–H and O–H groups in total. The largest absolute Gasteiger partial charge is 0.496 e. The number of methoxy groups -OCH3 is 1. The Labute approximate surface area is 141 Å². The molecule has 1 aliphatic heterocycles. The quantitative estimate of drug-likeness (QED) is 0.883. The van der Waals surface area contributed by atoms with Crippen molar-refractivity contribution in [2.24, 2.45) is 0 Å². The smallest absolute Gasteiger partial charge is 0.123 e. The van der Waals surface area contributed by atoms with Crippen molar-refractivity contribution in [3.05, 3.63) is 65.5 Å². The summed E-state index contributed by atoms with van der Waals surface area (Å²) in [7, 11) is 1.55. The van der Waals surface area contributed by atoms with E-state index in [-0.39, 0.29) is 11.9 Å². The van der Waals surface area contributed by atoms with E-state index in [9.17, 15) is 9.50 Å². The first-order valence-corrected chi connectivity index (χ1v) is 8.09. The Morgan fingerprint density at radius 2 is 2.04 bits per heavy atom. The van der Waals surface area contributed by atoms with Crippen LogP contribution in [0.1, 0.15) is 17.0 Å². The van der Waals surface area contributed by atoms with Gasteiger partial charge < -0.3 is 19.9 Å². The van der Waals surface area contributed by atoms with Crippen molar-refractivity contribution < 1.29 is 19.0 Å². The first-order valence-electron chi connectivity index (χ1n) is 8.09. The third kappa shape index (κ3) is 3.59. The maximum Gasteiger partial charge on any atom is 0.123 e. The van der Waals surface area contributed by atoms with Crippen molar-refractivity contribution in [1.29, 1.82) is 0 Å². The summed E-state index contributed by atoms with van der Waals surface area (Å²) >= 11 is 0. The van der Waals surface area contributed by atoms with Gasteiger partial charge >= 0.3 is 0 Å². The Morgan fingerprint density at radius 1 is 1.25 bits per heavy atom. The molecule has 0 spiro atoms. The zero-order valence-electron chi connectivity index (χ0n) is 13.6. The van der Waals surface area contributed by atoms with Crippen LogP contribution in [0.2, 0.25) is 0 Å². The van der Waals surface area contributed by atoms with Gasteiger partial charge in [-0.1, -0.05) is 30.3 Å². The lowest BCUT2D eigenvalue weighted by atomic mass is 9.83. The van der Waals surface area contributed by atoms with Crippen LogP contribution in [0.25, 0.3) is 0 Å². The van der Waals surface area contributed by atoms with Crippen LogP contribution in [0.4, 0.5) is 4.39 Å². The number of hydrogen-bond acceptors (Lipinski definition) is 4. The summed E-state index contributed by atoms with van der Waals surface area (Å²) in [5.41, 5.74) is 1.51. The van der Waals surface area contributed by atoms with Crippen LogP contribution < -0.4 is 10.1 Å². The number of hydrogen-bond donors (Lipinski definition) is 2. The number of nitrogens with one attached hydrogen (secondary N) is 1. The Bertz CT molecular complexity index is 659. The van der Waals surface area contributed by atoms with Gasteiger partial charge in [0.2, 0.25) is 0 Å². The molecule has 0 radical (unpaired) electrons. The zero-order valence-corrected chi connectivity index (χ0v) is 13.6. The second-order valence-corrected chi connectivity index (χ2v) is 5.88. The maximum atomic E-state index is 13.9. The summed E-state index contributed by atoms with van der Waals surface area (Å²) < 4.78 is 25.0. The number of ether oxygens (including phenoxy) is 2. The average molecular weight is 331 g/mol. The molecule has 0 aliphatic carbocycles. The second kappa shape index (κ2) is 7.75. The van der Waals surface area contributed by atoms with Gasteiger partial charge in [-0.15, -0.1) is 0 Å². The van der Waals surface area contributed by atoms with Crippen LogP contribution in [0.15, 0.2) is 48.5 Å². The molecule has 3 rings (SSSR count). The lowest BCUT2D eigenvalue weighted by Crippen LogP contribution is -2.47. The van der Waals surface area contributed by atoms with Gasteiger partial charge in [0.25, 0.3) is 0 Å². The molecular weight excluding hydrogens is 309 g/mol. The molecule has 128 valence electrons. The summed E-state index contributed by atoms with van der Waals surface area (Å²) in [5.74, 6) is -0.253. The summed E-state index contributed by atoms with van der Waals surface area (Å²) in [6.07, 6.45) is -1.19. The highest BCUT2D eigenvalue weighted by molar-refractivity contribution is 5.43. The lowest BCUT2D eigenvalue weighted by Gasteiger charge is -2.33. The van der Waals surface area contributed by atoms with Crippen LogP contribution in [0.3, 0.4) is 0 Å². The van der Waals surface area contributed by atoms with E-state index < -0.39 is 12.0 Å².